The molecule has 7 heavy (non-hydrogen) atoms. The van der Waals surface area contributed by atoms with Crippen molar-refractivity contribution in [2.45, 2.75) is 0 Å². The molecule has 0 aliphatic rings. The molecule has 0 amide bonds. The van der Waals surface area contributed by atoms with Gasteiger partial charge in [0.05, 0.1) is 0 Å². The van der Waals surface area contributed by atoms with E-state index < -0.39 is 0 Å². The molecule has 0 spiro atoms. The van der Waals surface area contributed by atoms with E-state index in [2.05, 4.69) is 49.7 Å². The maximum absolute atomic E-state index is 4.01. The first-order chi connectivity index (χ1) is 2.83. The van der Waals surface area contributed by atoms with Gasteiger partial charge in [0, 0.05) is 0 Å². The molecule has 0 fully saturated rings. The van der Waals surface area contributed by atoms with Gasteiger partial charge in [-0.25, -0.2) is 0 Å². The Balaban J connectivity index is -0.0000000400. The van der Waals surface area contributed by atoms with Crippen molar-refractivity contribution in [2.75, 3.05) is 0 Å². The first-order valence-electron chi connectivity index (χ1n) is 0.855. The minimum absolute atomic E-state index is 0. The van der Waals surface area contributed by atoms with Crippen LogP contribution >= 0.6 is 49.7 Å². The van der Waals surface area contributed by atoms with Crippen LogP contribution in [0.5, 0.6) is 0 Å². The SMILES string of the molecule is S=[C-]S.S=[C-]S.[Ni+2]. The summed E-state index contributed by atoms with van der Waals surface area (Å²) in [6.45, 7) is 0. The molecule has 0 nitrogen and oxygen atoms in total. The van der Waals surface area contributed by atoms with E-state index in [-0.39, 0.29) is 16.5 Å². The van der Waals surface area contributed by atoms with Gasteiger partial charge in [-0.05, 0) is 0 Å². The third-order valence-electron chi connectivity index (χ3n) is 0. The topological polar surface area (TPSA) is 0 Å². The Morgan fingerprint density at radius 2 is 1.00 bits per heavy atom. The summed E-state index contributed by atoms with van der Waals surface area (Å²) >= 11 is 14.7. The molecule has 0 saturated heterocycles. The molecule has 0 aromatic rings. The predicted octanol–water partition coefficient (Wildman–Crippen LogP) is 1.50. The summed E-state index contributed by atoms with van der Waals surface area (Å²) in [6, 6.07) is 0. The van der Waals surface area contributed by atoms with Gasteiger partial charge in [0.2, 0.25) is 0 Å². The average molecular weight is 213 g/mol. The van der Waals surface area contributed by atoms with Gasteiger partial charge in [-0.3, -0.25) is 0 Å². The molecule has 0 aliphatic carbocycles. The molecule has 44 valence electrons. The molecule has 0 rings (SSSR count). The summed E-state index contributed by atoms with van der Waals surface area (Å²) in [7, 11) is 0. The van der Waals surface area contributed by atoms with Crippen molar-refractivity contribution >= 4 is 59.1 Å². The van der Waals surface area contributed by atoms with Crippen LogP contribution in [0.2, 0.25) is 0 Å². The number of rotatable bonds is 0. The zero-order valence-corrected chi connectivity index (χ0v) is 7.44. The number of thiocarbonyl (C=S) groups is 2. The van der Waals surface area contributed by atoms with E-state index in [1.807, 2.05) is 9.40 Å². The maximum atomic E-state index is 4.01. The molecule has 0 unspecified atom stereocenters. The van der Waals surface area contributed by atoms with Crippen molar-refractivity contribution in [2.24, 2.45) is 0 Å². The van der Waals surface area contributed by atoms with Gasteiger partial charge < -0.3 is 59.1 Å². The molecule has 0 bridgehead atoms. The van der Waals surface area contributed by atoms with Gasteiger partial charge in [0.15, 0.2) is 0 Å². The summed E-state index contributed by atoms with van der Waals surface area (Å²) in [4.78, 5) is 0. The quantitative estimate of drug-likeness (QED) is 0.271. The van der Waals surface area contributed by atoms with Crippen LogP contribution in [-0.4, -0.2) is 9.40 Å². The Morgan fingerprint density at radius 1 is 1.00 bits per heavy atom. The summed E-state index contributed by atoms with van der Waals surface area (Å²) in [6.07, 6.45) is 0. The fourth-order valence-electron chi connectivity index (χ4n) is 0. The van der Waals surface area contributed by atoms with E-state index in [9.17, 15) is 0 Å². The molecule has 0 N–H and O–H groups in total. The second-order valence-corrected chi connectivity index (χ2v) is 1.64. The van der Waals surface area contributed by atoms with E-state index in [0.717, 1.165) is 0 Å². The Bertz CT molecular complexity index is 30.7. The zero-order valence-electron chi connectivity index (χ0n) is 3.03. The molecule has 0 saturated carbocycles. The monoisotopic (exact) mass is 212 g/mol. The summed E-state index contributed by atoms with van der Waals surface area (Å²) in [5.41, 5.74) is 0. The van der Waals surface area contributed by atoms with Crippen molar-refractivity contribution in [1.29, 1.82) is 0 Å². The van der Waals surface area contributed by atoms with Gasteiger partial charge in [0.1, 0.15) is 0 Å². The van der Waals surface area contributed by atoms with Crippen molar-refractivity contribution in [3.8, 4) is 0 Å². The van der Waals surface area contributed by atoms with E-state index in [1.165, 1.54) is 0 Å². The Hall–Kier alpha value is 1.37. The summed E-state index contributed by atoms with van der Waals surface area (Å²) in [5.74, 6) is 0. The fraction of sp³-hybridized carbons (Fsp3) is 0. The maximum Gasteiger partial charge on any atom is 2.00 e. The second kappa shape index (κ2) is 26.3. The van der Waals surface area contributed by atoms with Crippen LogP contribution in [0.1, 0.15) is 0 Å². The standard InChI is InChI=1S/2CHS2.Ni/c2*2-1-3;/h2*(H,2,3);/q2*-1;+2. The number of thiol groups is 2. The molecule has 0 aliphatic heterocycles. The van der Waals surface area contributed by atoms with Crippen molar-refractivity contribution in [3.05, 3.63) is 0 Å². The fourth-order valence-corrected chi connectivity index (χ4v) is 0. The van der Waals surface area contributed by atoms with E-state index in [1.54, 1.807) is 0 Å². The van der Waals surface area contributed by atoms with Crippen molar-refractivity contribution < 1.29 is 16.5 Å². The molecule has 5 heteroatoms. The molecule has 0 aromatic heterocycles. The van der Waals surface area contributed by atoms with Crippen LogP contribution in [-0.2, 0) is 16.5 Å². The van der Waals surface area contributed by atoms with Gasteiger partial charge in [0.25, 0.3) is 0 Å². The third-order valence-corrected chi connectivity index (χ3v) is 0. The number of hydrogen-bond donors (Lipinski definition) is 2. The van der Waals surface area contributed by atoms with Gasteiger partial charge >= 0.3 is 16.5 Å². The third kappa shape index (κ3) is 113. The van der Waals surface area contributed by atoms with E-state index in [4.69, 9.17) is 0 Å². The summed E-state index contributed by atoms with van der Waals surface area (Å²) < 4.78 is 4.06. The van der Waals surface area contributed by atoms with Gasteiger partial charge in [-0.2, -0.15) is 0 Å². The molecule has 0 heterocycles. The van der Waals surface area contributed by atoms with Crippen LogP contribution in [0.4, 0.5) is 0 Å². The van der Waals surface area contributed by atoms with Gasteiger partial charge in [-0.1, -0.05) is 0 Å². The van der Waals surface area contributed by atoms with Crippen LogP contribution in [0.3, 0.4) is 0 Å². The second-order valence-electron chi connectivity index (χ2n) is 0.183. The molecule has 0 radical (unpaired) electrons. The van der Waals surface area contributed by atoms with Crippen molar-refractivity contribution in [1.82, 2.24) is 0 Å². The minimum atomic E-state index is 0. The summed E-state index contributed by atoms with van der Waals surface area (Å²) in [5, 5.41) is 0. The Kier molecular flexibility index (Phi) is 59.3. The predicted molar refractivity (Wildman–Crippen MR) is 43.2 cm³/mol. The number of hydrogen-bond acceptors (Lipinski definition) is 2. The van der Waals surface area contributed by atoms with E-state index in [0.29, 0.717) is 0 Å². The van der Waals surface area contributed by atoms with E-state index >= 15 is 0 Å². The normalized spacial score (nSPS) is 3.71. The average Bonchev–Trinajstić information content (AvgIpc) is 1.39. The zero-order chi connectivity index (χ0) is 5.41. The van der Waals surface area contributed by atoms with Crippen molar-refractivity contribution in [3.63, 3.8) is 0 Å². The first-order valence-corrected chi connectivity index (χ1v) is 2.57. The smallest absolute Gasteiger partial charge is 0.364 e. The molecule has 0 aromatic carbocycles. The van der Waals surface area contributed by atoms with Crippen LogP contribution in [0, 0.1) is 0 Å². The van der Waals surface area contributed by atoms with Crippen LogP contribution < -0.4 is 0 Å². The van der Waals surface area contributed by atoms with Crippen LogP contribution in [0.15, 0.2) is 0 Å². The largest absolute Gasteiger partial charge is 2.00 e. The molecular formula is C2H2NiS4. The molecular weight excluding hydrogens is 211 g/mol. The first kappa shape index (κ1) is 15.8. The van der Waals surface area contributed by atoms with Gasteiger partial charge in [-0.15, -0.1) is 0 Å². The van der Waals surface area contributed by atoms with Crippen LogP contribution in [0.25, 0.3) is 0 Å². The Labute approximate surface area is 75.2 Å². The minimum Gasteiger partial charge on any atom is -0.364 e. The Morgan fingerprint density at radius 3 is 1.00 bits per heavy atom. The molecule has 0 atom stereocenters.